The van der Waals surface area contributed by atoms with Crippen LogP contribution in [0, 0.1) is 12.8 Å². The van der Waals surface area contributed by atoms with Gasteiger partial charge in [-0.2, -0.15) is 4.98 Å². The van der Waals surface area contributed by atoms with E-state index < -0.39 is 29.4 Å². The van der Waals surface area contributed by atoms with Gasteiger partial charge in [-0.25, -0.2) is 13.6 Å². The number of rotatable bonds is 4. The molecule has 3 aliphatic rings. The molecule has 33 heavy (non-hydrogen) atoms. The summed E-state index contributed by atoms with van der Waals surface area (Å²) in [5.74, 6) is -3.08. The molecule has 0 radical (unpaired) electrons. The zero-order valence-electron chi connectivity index (χ0n) is 20.1. The van der Waals surface area contributed by atoms with Gasteiger partial charge >= 0.3 is 6.09 Å². The molecule has 2 saturated heterocycles. The Morgan fingerprint density at radius 3 is 2.42 bits per heavy atom. The number of alkyl halides is 2. The third kappa shape index (κ3) is 4.73. The first-order valence-corrected chi connectivity index (χ1v) is 12.2. The summed E-state index contributed by atoms with van der Waals surface area (Å²) in [7, 11) is 0. The van der Waals surface area contributed by atoms with E-state index >= 15 is 8.78 Å². The molecule has 1 amide bonds. The predicted molar refractivity (Wildman–Crippen MR) is 118 cm³/mol. The molecule has 1 aromatic rings. The number of nitrogens with zero attached hydrogens (tertiary/aromatic N) is 5. The minimum atomic E-state index is -2.93. The summed E-state index contributed by atoms with van der Waals surface area (Å²) >= 11 is 0. The molecule has 8 nitrogen and oxygen atoms in total. The van der Waals surface area contributed by atoms with Gasteiger partial charge in [0.1, 0.15) is 0 Å². The Bertz CT molecular complexity index is 842. The monoisotopic (exact) mass is 469 g/mol. The molecule has 0 spiro atoms. The molecule has 1 N–H and O–H groups in total. The fourth-order valence-corrected chi connectivity index (χ4v) is 6.22. The van der Waals surface area contributed by atoms with E-state index in [0.717, 1.165) is 26.2 Å². The topological polar surface area (TPSA) is 85.9 Å². The van der Waals surface area contributed by atoms with Gasteiger partial charge in [-0.1, -0.05) is 12.1 Å². The molecule has 1 saturated carbocycles. The third-order valence-corrected chi connectivity index (χ3v) is 8.15. The van der Waals surface area contributed by atoms with Crippen LogP contribution in [0.25, 0.3) is 0 Å². The van der Waals surface area contributed by atoms with Gasteiger partial charge in [0.15, 0.2) is 5.82 Å². The van der Waals surface area contributed by atoms with Crippen LogP contribution < -0.4 is 0 Å². The Balaban J connectivity index is 1.64. The highest BCUT2D eigenvalue weighted by molar-refractivity contribution is 5.66. The summed E-state index contributed by atoms with van der Waals surface area (Å²) in [6.07, 6.45) is 0.549. The van der Waals surface area contributed by atoms with Crippen LogP contribution in [0.15, 0.2) is 4.52 Å². The van der Waals surface area contributed by atoms with Gasteiger partial charge in [-0.3, -0.25) is 9.80 Å². The second-order valence-electron chi connectivity index (χ2n) is 10.6. The number of halogens is 2. The van der Waals surface area contributed by atoms with Crippen molar-refractivity contribution in [2.45, 2.75) is 89.3 Å². The Labute approximate surface area is 194 Å². The molecule has 0 aromatic carbocycles. The lowest BCUT2D eigenvalue weighted by Gasteiger charge is -2.53. The van der Waals surface area contributed by atoms with Gasteiger partial charge < -0.3 is 14.5 Å². The lowest BCUT2D eigenvalue weighted by molar-refractivity contribution is -0.154. The number of piperazine rings is 1. The van der Waals surface area contributed by atoms with Gasteiger partial charge in [-0.15, -0.1) is 0 Å². The van der Waals surface area contributed by atoms with Crippen molar-refractivity contribution < 1.29 is 23.2 Å². The molecule has 186 valence electrons. The standard InChI is InChI=1S/C23H37F2N5O3/c1-15(2)28-10-12-29(13-11-28)17-6-5-7-23(24,25)19(17)18-14-22(4,8-9-30(18)21(31)32)20-26-16(3)33-27-20/h15,17-19H,5-14H2,1-4H3,(H,31,32)/t17-,18?,19+,22?/m0/s1. The van der Waals surface area contributed by atoms with Crippen LogP contribution in [0.2, 0.25) is 0 Å². The van der Waals surface area contributed by atoms with Crippen molar-refractivity contribution in [1.29, 1.82) is 0 Å². The number of piperidine rings is 1. The highest BCUT2D eigenvalue weighted by Gasteiger charge is 2.57. The van der Waals surface area contributed by atoms with Gasteiger partial charge in [0, 0.05) is 69.6 Å². The molecule has 1 aromatic heterocycles. The lowest BCUT2D eigenvalue weighted by atomic mass is 9.67. The summed E-state index contributed by atoms with van der Waals surface area (Å²) in [6, 6.07) is -0.719. The quantitative estimate of drug-likeness (QED) is 0.721. The fourth-order valence-electron chi connectivity index (χ4n) is 6.22. The Morgan fingerprint density at radius 2 is 1.85 bits per heavy atom. The van der Waals surface area contributed by atoms with E-state index in [2.05, 4.69) is 33.8 Å². The van der Waals surface area contributed by atoms with E-state index in [1.165, 1.54) is 4.90 Å². The van der Waals surface area contributed by atoms with Crippen molar-refractivity contribution in [2.75, 3.05) is 32.7 Å². The molecule has 3 heterocycles. The van der Waals surface area contributed by atoms with E-state index in [0.29, 0.717) is 37.0 Å². The van der Waals surface area contributed by atoms with Crippen LogP contribution in [-0.4, -0.2) is 92.8 Å². The van der Waals surface area contributed by atoms with E-state index in [4.69, 9.17) is 4.52 Å². The second-order valence-corrected chi connectivity index (χ2v) is 10.6. The van der Waals surface area contributed by atoms with E-state index in [9.17, 15) is 9.90 Å². The van der Waals surface area contributed by atoms with Crippen LogP contribution in [-0.2, 0) is 5.41 Å². The summed E-state index contributed by atoms with van der Waals surface area (Å²) in [6.45, 7) is 11.3. The molecule has 4 atom stereocenters. The van der Waals surface area contributed by atoms with Crippen LogP contribution in [0.4, 0.5) is 13.6 Å². The number of hydrogen-bond donors (Lipinski definition) is 1. The highest BCUT2D eigenvalue weighted by atomic mass is 19.3. The smallest absolute Gasteiger partial charge is 0.407 e. The van der Waals surface area contributed by atoms with Crippen molar-refractivity contribution in [3.63, 3.8) is 0 Å². The summed E-state index contributed by atoms with van der Waals surface area (Å²) in [4.78, 5) is 22.4. The van der Waals surface area contributed by atoms with Gasteiger partial charge in [-0.05, 0) is 39.5 Å². The molecule has 3 fully saturated rings. The van der Waals surface area contributed by atoms with Crippen LogP contribution in [0.3, 0.4) is 0 Å². The van der Waals surface area contributed by atoms with Crippen LogP contribution in [0.1, 0.15) is 64.6 Å². The van der Waals surface area contributed by atoms with Crippen LogP contribution >= 0.6 is 0 Å². The SMILES string of the molecule is Cc1nc(C2(C)CCN(C(=O)O)C([C@H]3[C@@H](N4CCN(C(C)C)CC4)CCCC3(F)F)C2)no1. The molecule has 10 heteroatoms. The number of carbonyl (C=O) groups is 1. The van der Waals surface area contributed by atoms with E-state index in [1.54, 1.807) is 6.92 Å². The van der Waals surface area contributed by atoms with Gasteiger partial charge in [0.25, 0.3) is 5.92 Å². The second kappa shape index (κ2) is 9.09. The summed E-state index contributed by atoms with van der Waals surface area (Å²) < 4.78 is 36.5. The van der Waals surface area contributed by atoms with Crippen molar-refractivity contribution in [3.05, 3.63) is 11.7 Å². The number of aryl methyl sites for hydroxylation is 1. The average Bonchev–Trinajstić information content (AvgIpc) is 3.20. The summed E-state index contributed by atoms with van der Waals surface area (Å²) in [5.41, 5.74) is -0.608. The normalized spacial score (nSPS) is 34.0. The van der Waals surface area contributed by atoms with Crippen LogP contribution in [0.5, 0.6) is 0 Å². The number of aromatic nitrogens is 2. The maximum atomic E-state index is 15.7. The first kappa shape index (κ1) is 24.3. The average molecular weight is 470 g/mol. The lowest BCUT2D eigenvalue weighted by Crippen LogP contribution is -2.65. The Morgan fingerprint density at radius 1 is 1.15 bits per heavy atom. The first-order chi connectivity index (χ1) is 15.5. The minimum absolute atomic E-state index is 0.185. The number of carboxylic acid groups (broad SMARTS) is 1. The number of amides is 1. The molecule has 1 aliphatic carbocycles. The number of likely N-dealkylation sites (tertiary alicyclic amines) is 1. The molecular formula is C23H37F2N5O3. The molecule has 0 bridgehead atoms. The van der Waals surface area contributed by atoms with Gasteiger partial charge in [0.05, 0.1) is 5.92 Å². The van der Waals surface area contributed by atoms with E-state index in [-0.39, 0.29) is 25.4 Å². The molecule has 2 unspecified atom stereocenters. The van der Waals surface area contributed by atoms with Crippen molar-refractivity contribution in [3.8, 4) is 0 Å². The maximum Gasteiger partial charge on any atom is 0.407 e. The minimum Gasteiger partial charge on any atom is -0.465 e. The predicted octanol–water partition coefficient (Wildman–Crippen LogP) is 3.61. The van der Waals surface area contributed by atoms with E-state index in [1.807, 2.05) is 6.92 Å². The Hall–Kier alpha value is -1.81. The largest absolute Gasteiger partial charge is 0.465 e. The van der Waals surface area contributed by atoms with Crippen molar-refractivity contribution >= 4 is 6.09 Å². The summed E-state index contributed by atoms with van der Waals surface area (Å²) in [5, 5.41) is 14.0. The third-order valence-electron chi connectivity index (χ3n) is 8.15. The zero-order chi connectivity index (χ0) is 24.0. The maximum absolute atomic E-state index is 15.7. The zero-order valence-corrected chi connectivity index (χ0v) is 20.1. The van der Waals surface area contributed by atoms with Gasteiger partial charge in [0.2, 0.25) is 5.89 Å². The van der Waals surface area contributed by atoms with Crippen molar-refractivity contribution in [2.24, 2.45) is 5.92 Å². The molecule has 4 rings (SSSR count). The van der Waals surface area contributed by atoms with Crippen molar-refractivity contribution in [1.82, 2.24) is 24.8 Å². The first-order valence-electron chi connectivity index (χ1n) is 12.2. The Kier molecular flexibility index (Phi) is 6.70. The highest BCUT2D eigenvalue weighted by Crippen LogP contribution is 2.49. The molecular weight excluding hydrogens is 432 g/mol. The fraction of sp³-hybridized carbons (Fsp3) is 0.870. The molecule has 2 aliphatic heterocycles. The number of hydrogen-bond acceptors (Lipinski definition) is 6.